The fourth-order valence-electron chi connectivity index (χ4n) is 1.10. The van der Waals surface area contributed by atoms with Crippen LogP contribution >= 0.6 is 0 Å². The van der Waals surface area contributed by atoms with E-state index in [4.69, 9.17) is 16.6 Å². The van der Waals surface area contributed by atoms with Crippen molar-refractivity contribution in [1.29, 1.82) is 0 Å². The highest BCUT2D eigenvalue weighted by Gasteiger charge is 2.06. The second kappa shape index (κ2) is 7.49. The molecule has 0 saturated heterocycles. The van der Waals surface area contributed by atoms with Crippen LogP contribution in [0.25, 0.3) is 0 Å². The maximum absolute atomic E-state index is 9.25. The number of rotatable bonds is 7. The summed E-state index contributed by atoms with van der Waals surface area (Å²) in [6, 6.07) is 0. The van der Waals surface area contributed by atoms with Crippen LogP contribution < -0.4 is 11.5 Å². The Labute approximate surface area is 73.6 Å². The topological polar surface area (TPSA) is 92.5 Å². The molecule has 0 aliphatic rings. The van der Waals surface area contributed by atoms with Crippen LogP contribution in [0.3, 0.4) is 0 Å². The first-order chi connectivity index (χ1) is 5.66. The molecule has 0 aliphatic carbocycles. The van der Waals surface area contributed by atoms with Crippen LogP contribution in [0.1, 0.15) is 32.1 Å². The van der Waals surface area contributed by atoms with Gasteiger partial charge in [-0.15, -0.1) is 0 Å². The van der Waals surface area contributed by atoms with E-state index in [1.807, 2.05) is 0 Å². The van der Waals surface area contributed by atoms with Crippen molar-refractivity contribution < 1.29 is 10.2 Å². The van der Waals surface area contributed by atoms with E-state index < -0.39 is 12.3 Å². The minimum Gasteiger partial charge on any atom is -0.393 e. The molecule has 0 spiro atoms. The molecule has 2 atom stereocenters. The lowest BCUT2D eigenvalue weighted by Gasteiger charge is -2.11. The maximum atomic E-state index is 9.25. The number of aliphatic hydroxyl groups excluding tert-OH is 2. The molecule has 0 aliphatic heterocycles. The first-order valence-electron chi connectivity index (χ1n) is 4.48. The van der Waals surface area contributed by atoms with Crippen LogP contribution in [0, 0.1) is 0 Å². The van der Waals surface area contributed by atoms with Gasteiger partial charge in [-0.1, -0.05) is 12.8 Å². The second-order valence-electron chi connectivity index (χ2n) is 3.09. The van der Waals surface area contributed by atoms with Crippen molar-refractivity contribution in [3.63, 3.8) is 0 Å². The summed E-state index contributed by atoms with van der Waals surface area (Å²) in [6.07, 6.45) is 2.59. The summed E-state index contributed by atoms with van der Waals surface area (Å²) in [5.74, 6) is 0. The van der Waals surface area contributed by atoms with Gasteiger partial charge in [0.2, 0.25) is 0 Å². The summed E-state index contributed by atoms with van der Waals surface area (Å²) in [5, 5.41) is 18.0. The number of hydrogen-bond donors (Lipinski definition) is 4. The van der Waals surface area contributed by atoms with E-state index in [9.17, 15) is 5.11 Å². The van der Waals surface area contributed by atoms with Gasteiger partial charge in [-0.2, -0.15) is 0 Å². The standard InChI is InChI=1S/C8H20N2O2/c9-5-3-1-2-4-7(11)6-8(10)12/h7-8,11-12H,1-6,9-10H2. The van der Waals surface area contributed by atoms with Crippen molar-refractivity contribution in [1.82, 2.24) is 0 Å². The predicted molar refractivity (Wildman–Crippen MR) is 48.3 cm³/mol. The average molecular weight is 176 g/mol. The minimum absolute atomic E-state index is 0.266. The van der Waals surface area contributed by atoms with Crippen LogP contribution in [-0.4, -0.2) is 29.1 Å². The molecular weight excluding hydrogens is 156 g/mol. The molecule has 4 heteroatoms. The van der Waals surface area contributed by atoms with Gasteiger partial charge in [-0.25, -0.2) is 0 Å². The molecule has 74 valence electrons. The van der Waals surface area contributed by atoms with E-state index in [0.29, 0.717) is 13.0 Å². The van der Waals surface area contributed by atoms with Crippen LogP contribution in [0.4, 0.5) is 0 Å². The van der Waals surface area contributed by atoms with Crippen LogP contribution in [0.5, 0.6) is 0 Å². The van der Waals surface area contributed by atoms with Crippen LogP contribution in [-0.2, 0) is 0 Å². The first-order valence-corrected chi connectivity index (χ1v) is 4.48. The van der Waals surface area contributed by atoms with Gasteiger partial charge in [0.25, 0.3) is 0 Å². The molecule has 0 aromatic rings. The Kier molecular flexibility index (Phi) is 7.39. The third-order valence-electron chi connectivity index (χ3n) is 1.76. The molecule has 0 radical (unpaired) electrons. The smallest absolute Gasteiger partial charge is 0.104 e. The third-order valence-corrected chi connectivity index (χ3v) is 1.76. The van der Waals surface area contributed by atoms with Crippen LogP contribution in [0.15, 0.2) is 0 Å². The number of hydrogen-bond acceptors (Lipinski definition) is 4. The van der Waals surface area contributed by atoms with Gasteiger partial charge in [0.05, 0.1) is 6.10 Å². The Balaban J connectivity index is 3.14. The van der Waals surface area contributed by atoms with E-state index in [1.165, 1.54) is 0 Å². The van der Waals surface area contributed by atoms with Crippen molar-refractivity contribution in [3.05, 3.63) is 0 Å². The van der Waals surface area contributed by atoms with Gasteiger partial charge >= 0.3 is 0 Å². The summed E-state index contributed by atoms with van der Waals surface area (Å²) in [5.41, 5.74) is 10.4. The van der Waals surface area contributed by atoms with Crippen molar-refractivity contribution in [2.24, 2.45) is 11.5 Å². The first kappa shape index (κ1) is 11.8. The van der Waals surface area contributed by atoms with Gasteiger partial charge in [0.15, 0.2) is 0 Å². The minimum atomic E-state index is -0.894. The zero-order valence-corrected chi connectivity index (χ0v) is 7.45. The Morgan fingerprint density at radius 1 is 1.08 bits per heavy atom. The second-order valence-corrected chi connectivity index (χ2v) is 3.09. The Morgan fingerprint density at radius 3 is 2.25 bits per heavy atom. The fraction of sp³-hybridized carbons (Fsp3) is 1.00. The number of aliphatic hydroxyl groups is 2. The SMILES string of the molecule is NCCCCCC(O)CC(N)O. The van der Waals surface area contributed by atoms with E-state index in [1.54, 1.807) is 0 Å². The average Bonchev–Trinajstić information content (AvgIpc) is 1.97. The predicted octanol–water partition coefficient (Wildman–Crippen LogP) is -0.466. The van der Waals surface area contributed by atoms with Gasteiger partial charge in [-0.3, -0.25) is 0 Å². The van der Waals surface area contributed by atoms with E-state index in [2.05, 4.69) is 0 Å². The summed E-state index contributed by atoms with van der Waals surface area (Å²) in [7, 11) is 0. The summed E-state index contributed by atoms with van der Waals surface area (Å²) in [6.45, 7) is 0.704. The fourth-order valence-corrected chi connectivity index (χ4v) is 1.10. The largest absolute Gasteiger partial charge is 0.393 e. The highest BCUT2D eigenvalue weighted by Crippen LogP contribution is 2.06. The van der Waals surface area contributed by atoms with E-state index >= 15 is 0 Å². The lowest BCUT2D eigenvalue weighted by Crippen LogP contribution is -2.25. The highest BCUT2D eigenvalue weighted by atomic mass is 16.3. The Morgan fingerprint density at radius 2 is 1.75 bits per heavy atom. The van der Waals surface area contributed by atoms with Crippen molar-refractivity contribution in [2.75, 3.05) is 6.54 Å². The molecule has 0 amide bonds. The molecule has 2 unspecified atom stereocenters. The highest BCUT2D eigenvalue weighted by molar-refractivity contribution is 4.59. The van der Waals surface area contributed by atoms with E-state index in [-0.39, 0.29) is 6.42 Å². The molecule has 0 heterocycles. The Hall–Kier alpha value is -0.160. The normalized spacial score (nSPS) is 16.0. The Bertz CT molecular complexity index is 99.1. The monoisotopic (exact) mass is 176 g/mol. The van der Waals surface area contributed by atoms with Gasteiger partial charge in [0.1, 0.15) is 6.23 Å². The van der Waals surface area contributed by atoms with Gasteiger partial charge < -0.3 is 21.7 Å². The van der Waals surface area contributed by atoms with Crippen molar-refractivity contribution in [3.8, 4) is 0 Å². The molecule has 0 saturated carbocycles. The van der Waals surface area contributed by atoms with Gasteiger partial charge in [0, 0.05) is 6.42 Å². The molecule has 4 nitrogen and oxygen atoms in total. The molecule has 12 heavy (non-hydrogen) atoms. The zero-order chi connectivity index (χ0) is 9.40. The number of unbranched alkanes of at least 4 members (excludes halogenated alkanes) is 2. The molecule has 6 N–H and O–H groups in total. The zero-order valence-electron chi connectivity index (χ0n) is 7.45. The molecule has 0 aromatic heterocycles. The molecule has 0 bridgehead atoms. The van der Waals surface area contributed by atoms with Crippen molar-refractivity contribution in [2.45, 2.75) is 44.4 Å². The number of nitrogens with two attached hydrogens (primary N) is 2. The quantitative estimate of drug-likeness (QED) is 0.312. The third kappa shape index (κ3) is 7.94. The molecule has 0 rings (SSSR count). The lowest BCUT2D eigenvalue weighted by molar-refractivity contribution is 0.0776. The maximum Gasteiger partial charge on any atom is 0.104 e. The lowest BCUT2D eigenvalue weighted by atomic mass is 10.1. The van der Waals surface area contributed by atoms with Gasteiger partial charge in [-0.05, 0) is 19.4 Å². The molecular formula is C8H20N2O2. The summed E-state index contributed by atoms with van der Waals surface area (Å²) < 4.78 is 0. The summed E-state index contributed by atoms with van der Waals surface area (Å²) >= 11 is 0. The summed E-state index contributed by atoms with van der Waals surface area (Å²) in [4.78, 5) is 0. The molecule has 0 fully saturated rings. The van der Waals surface area contributed by atoms with Crippen molar-refractivity contribution >= 4 is 0 Å². The van der Waals surface area contributed by atoms with Crippen LogP contribution in [0.2, 0.25) is 0 Å². The molecule has 0 aromatic carbocycles. The van der Waals surface area contributed by atoms with E-state index in [0.717, 1.165) is 19.3 Å².